The SMILES string of the molecule is CC(CC(N1C(=O)C=CC1=O)N1C(=O)C=CC1=O)CC(C)(C)C. The molecule has 6 nitrogen and oxygen atoms in total. The topological polar surface area (TPSA) is 74.8 Å². The van der Waals surface area contributed by atoms with Crippen LogP contribution in [0.2, 0.25) is 0 Å². The van der Waals surface area contributed by atoms with Crippen molar-refractivity contribution in [3.63, 3.8) is 0 Å². The molecule has 1 atom stereocenters. The minimum atomic E-state index is -0.877. The highest BCUT2D eigenvalue weighted by Crippen LogP contribution is 2.30. The van der Waals surface area contributed by atoms with Crippen LogP contribution in [-0.4, -0.2) is 39.6 Å². The Bertz CT molecular complexity index is 535. The molecule has 124 valence electrons. The summed E-state index contributed by atoms with van der Waals surface area (Å²) in [6, 6.07) is 0. The number of imide groups is 2. The smallest absolute Gasteiger partial charge is 0.255 e. The number of amides is 4. The molecule has 23 heavy (non-hydrogen) atoms. The van der Waals surface area contributed by atoms with Crippen molar-refractivity contribution >= 4 is 23.6 Å². The number of carbonyl (C=O) groups is 4. The van der Waals surface area contributed by atoms with Gasteiger partial charge in [0.25, 0.3) is 23.6 Å². The van der Waals surface area contributed by atoms with Gasteiger partial charge in [0.2, 0.25) is 0 Å². The highest BCUT2D eigenvalue weighted by Gasteiger charge is 2.41. The first kappa shape index (κ1) is 17.1. The fourth-order valence-corrected chi connectivity index (χ4v) is 3.23. The normalized spacial score (nSPS) is 19.7. The summed E-state index contributed by atoms with van der Waals surface area (Å²) in [6.45, 7) is 8.29. The van der Waals surface area contributed by atoms with Gasteiger partial charge in [-0.15, -0.1) is 0 Å². The van der Waals surface area contributed by atoms with Crippen molar-refractivity contribution in [1.29, 1.82) is 0 Å². The molecule has 0 fully saturated rings. The van der Waals surface area contributed by atoms with Crippen LogP contribution in [0.4, 0.5) is 0 Å². The van der Waals surface area contributed by atoms with Crippen LogP contribution in [0, 0.1) is 11.3 Å². The third-order valence-electron chi connectivity index (χ3n) is 3.86. The molecule has 0 bridgehead atoms. The van der Waals surface area contributed by atoms with Crippen molar-refractivity contribution in [2.75, 3.05) is 0 Å². The summed E-state index contributed by atoms with van der Waals surface area (Å²) in [5, 5.41) is 0. The van der Waals surface area contributed by atoms with E-state index in [-0.39, 0.29) is 11.3 Å². The Kier molecular flexibility index (Phi) is 4.54. The second kappa shape index (κ2) is 6.10. The quantitative estimate of drug-likeness (QED) is 0.722. The summed E-state index contributed by atoms with van der Waals surface area (Å²) >= 11 is 0. The maximum atomic E-state index is 12.0. The number of hydrogen-bond donors (Lipinski definition) is 0. The van der Waals surface area contributed by atoms with Crippen molar-refractivity contribution in [2.45, 2.75) is 46.7 Å². The maximum Gasteiger partial charge on any atom is 0.255 e. The van der Waals surface area contributed by atoms with E-state index in [4.69, 9.17) is 0 Å². The number of carbonyl (C=O) groups excluding carboxylic acids is 4. The van der Waals surface area contributed by atoms with Crippen LogP contribution in [0.25, 0.3) is 0 Å². The summed E-state index contributed by atoms with van der Waals surface area (Å²) in [7, 11) is 0. The zero-order valence-electron chi connectivity index (χ0n) is 13.9. The molecule has 0 spiro atoms. The van der Waals surface area contributed by atoms with E-state index in [0.717, 1.165) is 16.2 Å². The Morgan fingerprint density at radius 2 is 1.17 bits per heavy atom. The van der Waals surface area contributed by atoms with Crippen LogP contribution in [0.3, 0.4) is 0 Å². The molecule has 2 aliphatic rings. The summed E-state index contributed by atoms with van der Waals surface area (Å²) in [5.74, 6) is -1.83. The van der Waals surface area contributed by atoms with Crippen molar-refractivity contribution in [1.82, 2.24) is 9.80 Å². The first-order valence-corrected chi connectivity index (χ1v) is 7.70. The van der Waals surface area contributed by atoms with Gasteiger partial charge in [-0.25, -0.2) is 0 Å². The van der Waals surface area contributed by atoms with Gasteiger partial charge in [-0.05, 0) is 24.2 Å². The Hall–Kier alpha value is -2.24. The lowest BCUT2D eigenvalue weighted by atomic mass is 9.83. The fraction of sp³-hybridized carbons (Fsp3) is 0.529. The molecule has 1 unspecified atom stereocenters. The van der Waals surface area contributed by atoms with Gasteiger partial charge in [0, 0.05) is 24.3 Å². The van der Waals surface area contributed by atoms with Gasteiger partial charge in [0.1, 0.15) is 6.17 Å². The van der Waals surface area contributed by atoms with Crippen LogP contribution < -0.4 is 0 Å². The molecular formula is C17H22N2O4. The van der Waals surface area contributed by atoms with Crippen LogP contribution >= 0.6 is 0 Å². The summed E-state index contributed by atoms with van der Waals surface area (Å²) < 4.78 is 0. The van der Waals surface area contributed by atoms with Crippen molar-refractivity contribution in [2.24, 2.45) is 11.3 Å². The molecule has 2 aliphatic heterocycles. The van der Waals surface area contributed by atoms with Gasteiger partial charge in [0.05, 0.1) is 0 Å². The molecule has 0 saturated carbocycles. The van der Waals surface area contributed by atoms with E-state index in [9.17, 15) is 19.2 Å². The molecule has 4 amide bonds. The van der Waals surface area contributed by atoms with E-state index in [1.54, 1.807) is 0 Å². The predicted molar refractivity (Wildman–Crippen MR) is 83.6 cm³/mol. The molecule has 2 rings (SSSR count). The van der Waals surface area contributed by atoms with Crippen LogP contribution in [0.5, 0.6) is 0 Å². The number of nitrogens with zero attached hydrogens (tertiary/aromatic N) is 2. The molecule has 0 aromatic rings. The van der Waals surface area contributed by atoms with Crippen molar-refractivity contribution in [3.8, 4) is 0 Å². The van der Waals surface area contributed by atoms with E-state index >= 15 is 0 Å². The van der Waals surface area contributed by atoms with E-state index < -0.39 is 29.8 Å². The average Bonchev–Trinajstić information content (AvgIpc) is 2.89. The first-order chi connectivity index (χ1) is 10.6. The minimum absolute atomic E-state index is 0.0680. The summed E-state index contributed by atoms with van der Waals surface area (Å²) in [6.07, 6.45) is 5.01. The van der Waals surface area contributed by atoms with E-state index in [2.05, 4.69) is 20.8 Å². The van der Waals surface area contributed by atoms with E-state index in [0.29, 0.717) is 6.42 Å². The lowest BCUT2D eigenvalue weighted by Gasteiger charge is -2.35. The van der Waals surface area contributed by atoms with Gasteiger partial charge >= 0.3 is 0 Å². The second-order valence-electron chi connectivity index (χ2n) is 7.35. The Balaban J connectivity index is 2.25. The molecule has 6 heteroatoms. The van der Waals surface area contributed by atoms with Gasteiger partial charge in [0.15, 0.2) is 0 Å². The Morgan fingerprint density at radius 1 is 0.826 bits per heavy atom. The summed E-state index contributed by atoms with van der Waals surface area (Å²) in [5.41, 5.74) is 0.0680. The average molecular weight is 318 g/mol. The van der Waals surface area contributed by atoms with Crippen molar-refractivity contribution in [3.05, 3.63) is 24.3 Å². The molecular weight excluding hydrogens is 296 g/mol. The molecule has 0 aliphatic carbocycles. The second-order valence-corrected chi connectivity index (χ2v) is 7.35. The molecule has 0 radical (unpaired) electrons. The number of rotatable bonds is 5. The van der Waals surface area contributed by atoms with Crippen molar-refractivity contribution < 1.29 is 19.2 Å². The third kappa shape index (κ3) is 3.75. The number of hydrogen-bond acceptors (Lipinski definition) is 4. The third-order valence-corrected chi connectivity index (χ3v) is 3.86. The Morgan fingerprint density at radius 3 is 1.48 bits per heavy atom. The van der Waals surface area contributed by atoms with Crippen LogP contribution in [0.15, 0.2) is 24.3 Å². The molecule has 0 aromatic carbocycles. The van der Waals surface area contributed by atoms with Gasteiger partial charge in [-0.3, -0.25) is 29.0 Å². The highest BCUT2D eigenvalue weighted by atomic mass is 16.2. The largest absolute Gasteiger partial charge is 0.269 e. The lowest BCUT2D eigenvalue weighted by molar-refractivity contribution is -0.153. The first-order valence-electron chi connectivity index (χ1n) is 7.70. The van der Waals surface area contributed by atoms with Gasteiger partial charge in [-0.2, -0.15) is 0 Å². The lowest BCUT2D eigenvalue weighted by Crippen LogP contribution is -2.54. The fourth-order valence-electron chi connectivity index (χ4n) is 3.23. The standard InChI is InChI=1S/C17H22N2O4/c1-11(10-17(2,3)4)9-12(18-13(20)5-6-14(18)21)19-15(22)7-8-16(19)23/h5-8,11-12H,9-10H2,1-4H3. The van der Waals surface area contributed by atoms with E-state index in [1.807, 2.05) is 6.92 Å². The monoisotopic (exact) mass is 318 g/mol. The van der Waals surface area contributed by atoms with Crippen LogP contribution in [0.1, 0.15) is 40.5 Å². The minimum Gasteiger partial charge on any atom is -0.269 e. The van der Waals surface area contributed by atoms with E-state index in [1.165, 1.54) is 24.3 Å². The molecule has 0 N–H and O–H groups in total. The molecule has 2 heterocycles. The summed E-state index contributed by atoms with van der Waals surface area (Å²) in [4.78, 5) is 50.1. The van der Waals surface area contributed by atoms with Crippen LogP contribution in [-0.2, 0) is 19.2 Å². The molecule has 0 aromatic heterocycles. The Labute approximate surface area is 135 Å². The van der Waals surface area contributed by atoms with Gasteiger partial charge < -0.3 is 0 Å². The zero-order valence-corrected chi connectivity index (χ0v) is 13.9. The highest BCUT2D eigenvalue weighted by molar-refractivity contribution is 6.16. The predicted octanol–water partition coefficient (Wildman–Crippen LogP) is 1.62. The zero-order chi connectivity index (χ0) is 17.4. The molecule has 0 saturated heterocycles. The maximum absolute atomic E-state index is 12.0. The van der Waals surface area contributed by atoms with Gasteiger partial charge in [-0.1, -0.05) is 27.7 Å².